The fourth-order valence-corrected chi connectivity index (χ4v) is 0.510. The maximum Gasteiger partial charge on any atom is 0.248 e. The maximum atomic E-state index is 10.7. The van der Waals surface area contributed by atoms with Gasteiger partial charge in [-0.25, -0.2) is 0 Å². The van der Waals surface area contributed by atoms with Crippen LogP contribution in [0.1, 0.15) is 20.3 Å². The molecule has 0 rings (SSSR count). The summed E-state index contributed by atoms with van der Waals surface area (Å²) in [5.74, 6) is -0.447. The summed E-state index contributed by atoms with van der Waals surface area (Å²) in [5, 5.41) is 20.1. The van der Waals surface area contributed by atoms with E-state index < -0.39 is 18.1 Å². The highest BCUT2D eigenvalue weighted by atomic mass is 16.3. The average Bonchev–Trinajstić information content (AvgIpc) is 1.99. The number of aliphatic hydroxyl groups excluding tert-OH is 2. The first-order chi connectivity index (χ1) is 5.07. The molecule has 11 heavy (non-hydrogen) atoms. The molecule has 0 fully saturated rings. The molecule has 1 amide bonds. The van der Waals surface area contributed by atoms with Crippen molar-refractivity contribution in [3.8, 4) is 0 Å². The molecular formula is C7H15NO3. The monoisotopic (exact) mass is 161 g/mol. The van der Waals surface area contributed by atoms with Crippen molar-refractivity contribution < 1.29 is 15.0 Å². The summed E-state index contributed by atoms with van der Waals surface area (Å²) >= 11 is 0. The minimum atomic E-state index is -1.00. The number of rotatable bonds is 4. The van der Waals surface area contributed by atoms with Gasteiger partial charge in [0.25, 0.3) is 0 Å². The van der Waals surface area contributed by atoms with Crippen LogP contribution in [0.3, 0.4) is 0 Å². The quantitative estimate of drug-likeness (QED) is 0.508. The van der Waals surface area contributed by atoms with E-state index in [0.717, 1.165) is 0 Å². The van der Waals surface area contributed by atoms with Gasteiger partial charge in [0.2, 0.25) is 5.91 Å². The molecule has 0 aromatic carbocycles. The van der Waals surface area contributed by atoms with Crippen molar-refractivity contribution in [1.82, 2.24) is 5.32 Å². The number of nitrogens with one attached hydrogen (secondary N) is 1. The van der Waals surface area contributed by atoms with Crippen LogP contribution in [0.15, 0.2) is 0 Å². The van der Waals surface area contributed by atoms with E-state index in [1.807, 2.05) is 6.92 Å². The number of carbonyl (C=O) groups excluding carboxylic acids is 1. The molecule has 0 radical (unpaired) electrons. The Morgan fingerprint density at radius 2 is 2.09 bits per heavy atom. The van der Waals surface area contributed by atoms with E-state index in [2.05, 4.69) is 5.32 Å². The van der Waals surface area contributed by atoms with Crippen LogP contribution in [0, 0.1) is 0 Å². The molecule has 0 unspecified atom stereocenters. The SMILES string of the molecule is CC[C@H](O)CNC(=O)[C@@H](C)O. The molecule has 0 aromatic rings. The minimum absolute atomic E-state index is 0.209. The summed E-state index contributed by atoms with van der Waals surface area (Å²) < 4.78 is 0. The molecule has 0 aliphatic heterocycles. The number of hydrogen-bond acceptors (Lipinski definition) is 3. The topological polar surface area (TPSA) is 69.6 Å². The summed E-state index contributed by atoms with van der Waals surface area (Å²) in [6.07, 6.45) is -0.920. The van der Waals surface area contributed by atoms with Gasteiger partial charge in [0.05, 0.1) is 6.10 Å². The largest absolute Gasteiger partial charge is 0.391 e. The Kier molecular flexibility index (Phi) is 4.81. The van der Waals surface area contributed by atoms with Crippen LogP contribution in [0.25, 0.3) is 0 Å². The van der Waals surface area contributed by atoms with E-state index in [4.69, 9.17) is 10.2 Å². The zero-order chi connectivity index (χ0) is 8.85. The fraction of sp³-hybridized carbons (Fsp3) is 0.857. The van der Waals surface area contributed by atoms with Crippen molar-refractivity contribution in [3.63, 3.8) is 0 Å². The third kappa shape index (κ3) is 4.75. The number of carbonyl (C=O) groups is 1. The van der Waals surface area contributed by atoms with Crippen molar-refractivity contribution >= 4 is 5.91 Å². The Hall–Kier alpha value is -0.610. The van der Waals surface area contributed by atoms with E-state index in [0.29, 0.717) is 6.42 Å². The lowest BCUT2D eigenvalue weighted by Crippen LogP contribution is -2.37. The molecule has 0 spiro atoms. The first-order valence-corrected chi connectivity index (χ1v) is 3.71. The van der Waals surface area contributed by atoms with Crippen molar-refractivity contribution in [2.45, 2.75) is 32.5 Å². The van der Waals surface area contributed by atoms with Gasteiger partial charge >= 0.3 is 0 Å². The van der Waals surface area contributed by atoms with Gasteiger partial charge in [0.1, 0.15) is 6.10 Å². The van der Waals surface area contributed by atoms with Gasteiger partial charge in [0, 0.05) is 6.54 Å². The molecule has 0 saturated carbocycles. The molecule has 0 heterocycles. The molecule has 3 N–H and O–H groups in total. The molecule has 0 bridgehead atoms. The second-order valence-electron chi connectivity index (χ2n) is 2.48. The van der Waals surface area contributed by atoms with E-state index in [9.17, 15) is 4.79 Å². The van der Waals surface area contributed by atoms with Gasteiger partial charge in [-0.1, -0.05) is 6.92 Å². The van der Waals surface area contributed by atoms with Crippen LogP contribution in [-0.4, -0.2) is 34.9 Å². The molecule has 4 nitrogen and oxygen atoms in total. The van der Waals surface area contributed by atoms with Crippen LogP contribution in [-0.2, 0) is 4.79 Å². The zero-order valence-corrected chi connectivity index (χ0v) is 6.87. The van der Waals surface area contributed by atoms with Gasteiger partial charge < -0.3 is 15.5 Å². The Bertz CT molecular complexity index is 125. The van der Waals surface area contributed by atoms with Crippen LogP contribution < -0.4 is 5.32 Å². The number of hydrogen-bond donors (Lipinski definition) is 3. The molecule has 0 aliphatic carbocycles. The average molecular weight is 161 g/mol. The smallest absolute Gasteiger partial charge is 0.248 e. The molecule has 0 aromatic heterocycles. The van der Waals surface area contributed by atoms with Crippen LogP contribution in [0.4, 0.5) is 0 Å². The first-order valence-electron chi connectivity index (χ1n) is 3.71. The van der Waals surface area contributed by atoms with E-state index in [-0.39, 0.29) is 6.54 Å². The highest BCUT2D eigenvalue weighted by Gasteiger charge is 2.09. The lowest BCUT2D eigenvalue weighted by Gasteiger charge is -2.10. The molecule has 66 valence electrons. The predicted octanol–water partition coefficient (Wildman–Crippen LogP) is -0.746. The van der Waals surface area contributed by atoms with Gasteiger partial charge in [0.15, 0.2) is 0 Å². The summed E-state index contributed by atoms with van der Waals surface area (Å²) in [6.45, 7) is 3.41. The first kappa shape index (κ1) is 10.4. The molecule has 0 saturated heterocycles. The summed E-state index contributed by atoms with van der Waals surface area (Å²) in [5.41, 5.74) is 0. The third-order valence-electron chi connectivity index (χ3n) is 1.36. The lowest BCUT2D eigenvalue weighted by atomic mass is 10.2. The van der Waals surface area contributed by atoms with Crippen molar-refractivity contribution in [1.29, 1.82) is 0 Å². The van der Waals surface area contributed by atoms with Crippen molar-refractivity contribution in [2.75, 3.05) is 6.54 Å². The molecular weight excluding hydrogens is 146 g/mol. The predicted molar refractivity (Wildman–Crippen MR) is 41.0 cm³/mol. The third-order valence-corrected chi connectivity index (χ3v) is 1.36. The van der Waals surface area contributed by atoms with Gasteiger partial charge in [-0.3, -0.25) is 4.79 Å². The van der Waals surface area contributed by atoms with Gasteiger partial charge in [-0.15, -0.1) is 0 Å². The van der Waals surface area contributed by atoms with Crippen molar-refractivity contribution in [2.24, 2.45) is 0 Å². The van der Waals surface area contributed by atoms with Crippen LogP contribution >= 0.6 is 0 Å². The van der Waals surface area contributed by atoms with Crippen LogP contribution in [0.5, 0.6) is 0 Å². The Balaban J connectivity index is 3.46. The second-order valence-corrected chi connectivity index (χ2v) is 2.48. The lowest BCUT2D eigenvalue weighted by molar-refractivity contribution is -0.128. The number of aliphatic hydroxyl groups is 2. The molecule has 0 aliphatic rings. The van der Waals surface area contributed by atoms with E-state index in [1.54, 1.807) is 0 Å². The maximum absolute atomic E-state index is 10.7. The van der Waals surface area contributed by atoms with Gasteiger partial charge in [-0.2, -0.15) is 0 Å². The summed E-state index contributed by atoms with van der Waals surface area (Å²) in [4.78, 5) is 10.7. The Morgan fingerprint density at radius 3 is 2.45 bits per heavy atom. The molecule has 2 atom stereocenters. The normalized spacial score (nSPS) is 15.6. The standard InChI is InChI=1S/C7H15NO3/c1-3-6(10)4-8-7(11)5(2)9/h5-6,9-10H,3-4H2,1-2H3,(H,8,11)/t5-,6+/m1/s1. The van der Waals surface area contributed by atoms with E-state index in [1.165, 1.54) is 6.92 Å². The minimum Gasteiger partial charge on any atom is -0.391 e. The van der Waals surface area contributed by atoms with E-state index >= 15 is 0 Å². The second kappa shape index (κ2) is 5.09. The fourth-order valence-electron chi connectivity index (χ4n) is 0.510. The highest BCUT2D eigenvalue weighted by Crippen LogP contribution is 1.87. The number of amides is 1. The Labute approximate surface area is 66.2 Å². The molecule has 4 heteroatoms. The summed E-state index contributed by atoms with van der Waals surface area (Å²) in [7, 11) is 0. The van der Waals surface area contributed by atoms with Gasteiger partial charge in [-0.05, 0) is 13.3 Å². The zero-order valence-electron chi connectivity index (χ0n) is 6.87. The van der Waals surface area contributed by atoms with Crippen molar-refractivity contribution in [3.05, 3.63) is 0 Å². The summed E-state index contributed by atoms with van der Waals surface area (Å²) in [6, 6.07) is 0. The highest BCUT2D eigenvalue weighted by molar-refractivity contribution is 5.79. The Morgan fingerprint density at radius 1 is 1.55 bits per heavy atom. The van der Waals surface area contributed by atoms with Crippen LogP contribution in [0.2, 0.25) is 0 Å².